The number of hydrogen-bond acceptors (Lipinski definition) is 5. The minimum absolute atomic E-state index is 0.00339. The van der Waals surface area contributed by atoms with E-state index in [1.54, 1.807) is 6.07 Å². The molecule has 3 aromatic heterocycles. The Labute approximate surface area is 153 Å². The van der Waals surface area contributed by atoms with E-state index in [0.29, 0.717) is 6.92 Å². The quantitative estimate of drug-likeness (QED) is 0.621. The molecule has 0 fully saturated rings. The van der Waals surface area contributed by atoms with E-state index in [9.17, 15) is 26.3 Å². The third-order valence-electron chi connectivity index (χ3n) is 3.50. The van der Waals surface area contributed by atoms with Gasteiger partial charge in [-0.1, -0.05) is 0 Å². The van der Waals surface area contributed by atoms with Crippen molar-refractivity contribution in [3.8, 4) is 23.2 Å². The average Bonchev–Trinajstić information content (AvgIpc) is 2.98. The normalized spacial score (nSPS) is 12.2. The predicted molar refractivity (Wildman–Crippen MR) is 82.0 cm³/mol. The molecule has 0 spiro atoms. The van der Waals surface area contributed by atoms with Gasteiger partial charge in [0.05, 0.1) is 11.9 Å². The Bertz CT molecular complexity index is 1080. The van der Waals surface area contributed by atoms with E-state index in [4.69, 9.17) is 5.26 Å². The summed E-state index contributed by atoms with van der Waals surface area (Å²) in [5.74, 6) is -6.15. The molecule has 0 saturated heterocycles. The lowest BCUT2D eigenvalue weighted by molar-refractivity contribution is -0.154. The topological polar surface area (TPSA) is 76.1 Å². The zero-order chi connectivity index (χ0) is 20.7. The van der Waals surface area contributed by atoms with Crippen LogP contribution in [-0.4, -0.2) is 32.1 Å². The highest BCUT2D eigenvalue weighted by molar-refractivity contribution is 5.64. The maximum absolute atomic E-state index is 14.0. The molecule has 3 heterocycles. The number of ether oxygens (including phenoxy) is 1. The van der Waals surface area contributed by atoms with Crippen molar-refractivity contribution in [1.82, 2.24) is 19.4 Å². The Morgan fingerprint density at radius 2 is 1.89 bits per heavy atom. The van der Waals surface area contributed by atoms with Gasteiger partial charge < -0.3 is 4.74 Å². The van der Waals surface area contributed by atoms with Crippen LogP contribution in [-0.2, 0) is 5.92 Å². The van der Waals surface area contributed by atoms with Crippen molar-refractivity contribution < 1.29 is 31.1 Å². The molecule has 0 atom stereocenters. The van der Waals surface area contributed by atoms with E-state index in [1.165, 1.54) is 0 Å². The second kappa shape index (κ2) is 6.66. The van der Waals surface area contributed by atoms with Crippen LogP contribution in [0.4, 0.5) is 26.3 Å². The first-order chi connectivity index (χ1) is 13.0. The third kappa shape index (κ3) is 3.83. The lowest BCUT2D eigenvalue weighted by Crippen LogP contribution is -2.20. The van der Waals surface area contributed by atoms with Gasteiger partial charge in [0.2, 0.25) is 0 Å². The van der Waals surface area contributed by atoms with Crippen molar-refractivity contribution in [2.45, 2.75) is 19.0 Å². The highest BCUT2D eigenvalue weighted by Crippen LogP contribution is 2.30. The molecule has 12 heteroatoms. The zero-order valence-corrected chi connectivity index (χ0v) is 13.9. The fourth-order valence-corrected chi connectivity index (χ4v) is 2.35. The monoisotopic (exact) mass is 401 g/mol. The first-order valence-electron chi connectivity index (χ1n) is 7.51. The second-order valence-corrected chi connectivity index (χ2v) is 5.73. The van der Waals surface area contributed by atoms with Crippen LogP contribution in [0.1, 0.15) is 18.4 Å². The summed E-state index contributed by atoms with van der Waals surface area (Å²) in [6, 6.07) is 2.48. The minimum Gasteiger partial charge on any atom is -0.466 e. The van der Waals surface area contributed by atoms with Crippen LogP contribution in [0.25, 0.3) is 16.8 Å². The summed E-state index contributed by atoms with van der Waals surface area (Å²) in [5.41, 5.74) is -0.276. The molecule has 0 N–H and O–H groups in total. The molecule has 0 aliphatic heterocycles. The number of hydrogen-bond donors (Lipinski definition) is 0. The zero-order valence-electron chi connectivity index (χ0n) is 13.9. The van der Waals surface area contributed by atoms with Crippen LogP contribution in [0.3, 0.4) is 0 Å². The van der Waals surface area contributed by atoms with Gasteiger partial charge in [-0.05, 0) is 6.07 Å². The second-order valence-electron chi connectivity index (χ2n) is 5.73. The Balaban J connectivity index is 2.02. The van der Waals surface area contributed by atoms with Crippen molar-refractivity contribution in [1.29, 1.82) is 5.26 Å². The van der Waals surface area contributed by atoms with Crippen molar-refractivity contribution in [2.75, 3.05) is 6.61 Å². The summed E-state index contributed by atoms with van der Waals surface area (Å²) in [4.78, 5) is 11.0. The fraction of sp³-hybridized carbons (Fsp3) is 0.250. The lowest BCUT2D eigenvalue weighted by atomic mass is 10.2. The number of aromatic nitrogens is 4. The van der Waals surface area contributed by atoms with Gasteiger partial charge in [0.1, 0.15) is 11.6 Å². The van der Waals surface area contributed by atoms with Crippen molar-refractivity contribution in [2.24, 2.45) is 0 Å². The summed E-state index contributed by atoms with van der Waals surface area (Å²) >= 11 is 0. The van der Waals surface area contributed by atoms with Crippen LogP contribution in [0.5, 0.6) is 5.88 Å². The van der Waals surface area contributed by atoms with Crippen LogP contribution in [0, 0.1) is 17.1 Å². The molecule has 0 aliphatic rings. The van der Waals surface area contributed by atoms with E-state index in [0.717, 1.165) is 29.1 Å². The highest BCUT2D eigenvalue weighted by atomic mass is 19.4. The Hall–Kier alpha value is -3.36. The van der Waals surface area contributed by atoms with Crippen molar-refractivity contribution in [3.05, 3.63) is 42.0 Å². The number of rotatable bonds is 4. The average molecular weight is 401 g/mol. The number of imidazole rings is 1. The molecule has 3 aromatic rings. The van der Waals surface area contributed by atoms with Gasteiger partial charge in [-0.3, -0.25) is 9.38 Å². The SMILES string of the molecule is CC(F)(F)c1nc(C#N)c2cnc(-c3cnc(OCC(F)(F)F)c(F)c3)cn12. The first kappa shape index (κ1) is 19.4. The summed E-state index contributed by atoms with van der Waals surface area (Å²) in [7, 11) is 0. The maximum atomic E-state index is 14.0. The summed E-state index contributed by atoms with van der Waals surface area (Å²) in [6.07, 6.45) is -1.49. The fourth-order valence-electron chi connectivity index (χ4n) is 2.35. The molecular weight excluding hydrogens is 392 g/mol. The third-order valence-corrected chi connectivity index (χ3v) is 3.50. The Kier molecular flexibility index (Phi) is 4.62. The summed E-state index contributed by atoms with van der Waals surface area (Å²) in [6.45, 7) is -1.13. The molecule has 0 amide bonds. The van der Waals surface area contributed by atoms with E-state index in [1.807, 2.05) is 0 Å². The van der Waals surface area contributed by atoms with Crippen LogP contribution < -0.4 is 4.74 Å². The van der Waals surface area contributed by atoms with E-state index >= 15 is 0 Å². The van der Waals surface area contributed by atoms with Gasteiger partial charge in [-0.15, -0.1) is 0 Å². The molecular formula is C16H9F6N5O. The van der Waals surface area contributed by atoms with Crippen LogP contribution in [0.15, 0.2) is 24.7 Å². The lowest BCUT2D eigenvalue weighted by Gasteiger charge is -2.11. The van der Waals surface area contributed by atoms with E-state index in [-0.39, 0.29) is 22.5 Å². The van der Waals surface area contributed by atoms with Gasteiger partial charge in [0, 0.05) is 24.9 Å². The number of nitriles is 1. The molecule has 0 unspecified atom stereocenters. The molecule has 0 aromatic carbocycles. The standard InChI is InChI=1S/C16H9F6N5O/c1-15(18,19)14-26-10(3-23)12-5-24-11(6-27(12)14)8-2-9(17)13(25-4-8)28-7-16(20,21)22/h2,4-6H,7H2,1H3. The Morgan fingerprint density at radius 1 is 1.18 bits per heavy atom. The van der Waals surface area contributed by atoms with Crippen LogP contribution >= 0.6 is 0 Å². The van der Waals surface area contributed by atoms with Gasteiger partial charge in [0.15, 0.2) is 23.9 Å². The number of nitrogens with zero attached hydrogens (tertiary/aromatic N) is 5. The number of pyridine rings is 1. The van der Waals surface area contributed by atoms with Gasteiger partial charge in [-0.2, -0.15) is 27.2 Å². The minimum atomic E-state index is -4.67. The summed E-state index contributed by atoms with van der Waals surface area (Å²) in [5, 5.41) is 9.02. The molecule has 0 radical (unpaired) electrons. The smallest absolute Gasteiger partial charge is 0.422 e. The molecule has 0 aliphatic carbocycles. The molecule has 3 rings (SSSR count). The van der Waals surface area contributed by atoms with Gasteiger partial charge in [0.25, 0.3) is 5.88 Å². The molecule has 0 bridgehead atoms. The molecule has 28 heavy (non-hydrogen) atoms. The summed E-state index contributed by atoms with van der Waals surface area (Å²) < 4.78 is 83.2. The number of alkyl halides is 5. The highest BCUT2D eigenvalue weighted by Gasteiger charge is 2.32. The van der Waals surface area contributed by atoms with E-state index < -0.39 is 36.2 Å². The van der Waals surface area contributed by atoms with Crippen LogP contribution in [0.2, 0.25) is 0 Å². The Morgan fingerprint density at radius 3 is 2.46 bits per heavy atom. The van der Waals surface area contributed by atoms with Gasteiger partial charge >= 0.3 is 12.1 Å². The molecule has 6 nitrogen and oxygen atoms in total. The number of fused-ring (bicyclic) bond motifs is 1. The largest absolute Gasteiger partial charge is 0.466 e. The molecule has 0 saturated carbocycles. The van der Waals surface area contributed by atoms with Gasteiger partial charge in [-0.25, -0.2) is 14.4 Å². The predicted octanol–water partition coefficient (Wildman–Crippen LogP) is 3.85. The van der Waals surface area contributed by atoms with Crippen molar-refractivity contribution in [3.63, 3.8) is 0 Å². The van der Waals surface area contributed by atoms with E-state index in [2.05, 4.69) is 19.7 Å². The first-order valence-corrected chi connectivity index (χ1v) is 7.51. The maximum Gasteiger partial charge on any atom is 0.422 e. The molecule has 146 valence electrons. The van der Waals surface area contributed by atoms with Crippen molar-refractivity contribution >= 4 is 5.52 Å². The number of halogens is 6.